The van der Waals surface area contributed by atoms with E-state index in [1.54, 1.807) is 0 Å². The summed E-state index contributed by atoms with van der Waals surface area (Å²) in [6.07, 6.45) is 0.285. The molecule has 0 bridgehead atoms. The standard InChI is InChI=1S/C15H24N2O2/c1-11-6-5-7-12(8-11)9-13(10-16)17-14(18)19-15(2,3)4/h5-8,13H,9-10,16H2,1-4H3,(H,17,18). The first kappa shape index (κ1) is 15.5. The van der Waals surface area contributed by atoms with Gasteiger partial charge in [0.15, 0.2) is 0 Å². The van der Waals surface area contributed by atoms with E-state index in [4.69, 9.17) is 10.5 Å². The summed E-state index contributed by atoms with van der Waals surface area (Å²) in [5.41, 5.74) is 7.57. The molecule has 0 saturated heterocycles. The van der Waals surface area contributed by atoms with Gasteiger partial charge in [0.1, 0.15) is 5.60 Å². The minimum Gasteiger partial charge on any atom is -0.444 e. The monoisotopic (exact) mass is 264 g/mol. The fourth-order valence-corrected chi connectivity index (χ4v) is 1.79. The molecule has 0 heterocycles. The Bertz CT molecular complexity index is 424. The van der Waals surface area contributed by atoms with E-state index >= 15 is 0 Å². The molecule has 1 unspecified atom stereocenters. The number of amides is 1. The number of carbonyl (C=O) groups excluding carboxylic acids is 1. The lowest BCUT2D eigenvalue weighted by Crippen LogP contribution is -2.44. The Kier molecular flexibility index (Phi) is 5.36. The van der Waals surface area contributed by atoms with E-state index in [9.17, 15) is 4.79 Å². The molecule has 1 rings (SSSR count). The van der Waals surface area contributed by atoms with Crippen LogP contribution in [0.2, 0.25) is 0 Å². The molecule has 1 amide bonds. The number of rotatable bonds is 4. The molecule has 4 heteroatoms. The van der Waals surface area contributed by atoms with E-state index in [0.29, 0.717) is 13.0 Å². The van der Waals surface area contributed by atoms with Gasteiger partial charge in [-0.2, -0.15) is 0 Å². The summed E-state index contributed by atoms with van der Waals surface area (Å²) in [7, 11) is 0. The maximum atomic E-state index is 11.7. The first-order valence-corrected chi connectivity index (χ1v) is 6.55. The smallest absolute Gasteiger partial charge is 0.407 e. The van der Waals surface area contributed by atoms with E-state index in [2.05, 4.69) is 11.4 Å². The van der Waals surface area contributed by atoms with E-state index in [1.165, 1.54) is 5.56 Å². The Hall–Kier alpha value is -1.55. The van der Waals surface area contributed by atoms with Crippen LogP contribution in [0.5, 0.6) is 0 Å². The molecule has 0 aliphatic rings. The normalized spacial score (nSPS) is 12.9. The van der Waals surface area contributed by atoms with E-state index in [0.717, 1.165) is 5.56 Å². The van der Waals surface area contributed by atoms with Crippen molar-refractivity contribution >= 4 is 6.09 Å². The van der Waals surface area contributed by atoms with Crippen molar-refractivity contribution in [1.29, 1.82) is 0 Å². The zero-order valence-corrected chi connectivity index (χ0v) is 12.2. The van der Waals surface area contributed by atoms with Crippen LogP contribution in [-0.4, -0.2) is 24.3 Å². The summed E-state index contributed by atoms with van der Waals surface area (Å²) in [6, 6.07) is 8.07. The number of aryl methyl sites for hydroxylation is 1. The van der Waals surface area contributed by atoms with Gasteiger partial charge < -0.3 is 15.8 Å². The van der Waals surface area contributed by atoms with Crippen LogP contribution < -0.4 is 11.1 Å². The first-order valence-electron chi connectivity index (χ1n) is 6.55. The van der Waals surface area contributed by atoms with Gasteiger partial charge in [-0.1, -0.05) is 29.8 Å². The quantitative estimate of drug-likeness (QED) is 0.877. The third-order valence-corrected chi connectivity index (χ3v) is 2.57. The number of carbonyl (C=O) groups is 1. The van der Waals surface area contributed by atoms with Crippen molar-refractivity contribution in [3.8, 4) is 0 Å². The molecule has 0 radical (unpaired) electrons. The summed E-state index contributed by atoms with van der Waals surface area (Å²) in [4.78, 5) is 11.7. The average molecular weight is 264 g/mol. The molecule has 1 aromatic carbocycles. The zero-order valence-electron chi connectivity index (χ0n) is 12.2. The van der Waals surface area contributed by atoms with Crippen molar-refractivity contribution in [3.63, 3.8) is 0 Å². The van der Waals surface area contributed by atoms with Crippen LogP contribution in [-0.2, 0) is 11.2 Å². The van der Waals surface area contributed by atoms with E-state index in [1.807, 2.05) is 45.9 Å². The second-order valence-electron chi connectivity index (χ2n) is 5.77. The molecule has 0 saturated carbocycles. The summed E-state index contributed by atoms with van der Waals surface area (Å²) in [5.74, 6) is 0. The van der Waals surface area contributed by atoms with E-state index < -0.39 is 11.7 Å². The minimum atomic E-state index is -0.493. The Balaban J connectivity index is 2.57. The average Bonchev–Trinajstić information content (AvgIpc) is 2.25. The van der Waals surface area contributed by atoms with Gasteiger partial charge in [0, 0.05) is 12.6 Å². The highest BCUT2D eigenvalue weighted by Crippen LogP contribution is 2.09. The number of hydrogen-bond donors (Lipinski definition) is 2. The molecule has 0 aliphatic carbocycles. The van der Waals surface area contributed by atoms with Crippen molar-refractivity contribution in [1.82, 2.24) is 5.32 Å². The third kappa shape index (κ3) is 6.25. The molecule has 0 fully saturated rings. The molecule has 1 aromatic rings. The number of benzene rings is 1. The highest BCUT2D eigenvalue weighted by molar-refractivity contribution is 5.68. The third-order valence-electron chi connectivity index (χ3n) is 2.57. The number of nitrogens with two attached hydrogens (primary N) is 1. The van der Waals surface area contributed by atoms with Gasteiger partial charge in [0.2, 0.25) is 0 Å². The second-order valence-corrected chi connectivity index (χ2v) is 5.77. The summed E-state index contributed by atoms with van der Waals surface area (Å²) in [5, 5.41) is 2.81. The van der Waals surface area contributed by atoms with Crippen LogP contribution in [0.4, 0.5) is 4.79 Å². The lowest BCUT2D eigenvalue weighted by Gasteiger charge is -2.23. The van der Waals surface area contributed by atoms with Crippen molar-refractivity contribution in [2.45, 2.75) is 45.8 Å². The lowest BCUT2D eigenvalue weighted by molar-refractivity contribution is 0.0506. The predicted molar refractivity (Wildman–Crippen MR) is 77.1 cm³/mol. The van der Waals surface area contributed by atoms with Crippen LogP contribution in [0, 0.1) is 6.92 Å². The van der Waals surface area contributed by atoms with Crippen LogP contribution in [0.1, 0.15) is 31.9 Å². The Morgan fingerprint density at radius 3 is 2.63 bits per heavy atom. The molecule has 4 nitrogen and oxygen atoms in total. The molecule has 1 atom stereocenters. The SMILES string of the molecule is Cc1cccc(CC(CN)NC(=O)OC(C)(C)C)c1. The number of alkyl carbamates (subject to hydrolysis) is 1. The van der Waals surface area contributed by atoms with Gasteiger partial charge in [-0.05, 0) is 39.7 Å². The Labute approximate surface area is 115 Å². The molecular weight excluding hydrogens is 240 g/mol. The van der Waals surface area contributed by atoms with Crippen LogP contribution in [0.25, 0.3) is 0 Å². The summed E-state index contributed by atoms with van der Waals surface area (Å²) in [6.45, 7) is 7.94. The highest BCUT2D eigenvalue weighted by atomic mass is 16.6. The fraction of sp³-hybridized carbons (Fsp3) is 0.533. The van der Waals surface area contributed by atoms with Crippen LogP contribution >= 0.6 is 0 Å². The molecule has 0 aromatic heterocycles. The maximum absolute atomic E-state index is 11.7. The van der Waals surface area contributed by atoms with Gasteiger partial charge in [-0.3, -0.25) is 0 Å². The minimum absolute atomic E-state index is 0.114. The first-order chi connectivity index (χ1) is 8.80. The molecular formula is C15H24N2O2. The molecule has 0 aliphatic heterocycles. The number of nitrogens with one attached hydrogen (secondary N) is 1. The largest absolute Gasteiger partial charge is 0.444 e. The van der Waals surface area contributed by atoms with Crippen LogP contribution in [0.3, 0.4) is 0 Å². The van der Waals surface area contributed by atoms with Crippen molar-refractivity contribution in [2.75, 3.05) is 6.54 Å². The highest BCUT2D eigenvalue weighted by Gasteiger charge is 2.19. The molecule has 106 valence electrons. The molecule has 0 spiro atoms. The summed E-state index contributed by atoms with van der Waals surface area (Å²) < 4.78 is 5.23. The zero-order chi connectivity index (χ0) is 14.5. The van der Waals surface area contributed by atoms with Crippen LogP contribution in [0.15, 0.2) is 24.3 Å². The van der Waals surface area contributed by atoms with Gasteiger partial charge in [-0.15, -0.1) is 0 Å². The predicted octanol–water partition coefficient (Wildman–Crippen LogP) is 2.39. The van der Waals surface area contributed by atoms with Gasteiger partial charge >= 0.3 is 6.09 Å². The fourth-order valence-electron chi connectivity index (χ4n) is 1.79. The maximum Gasteiger partial charge on any atom is 0.407 e. The van der Waals surface area contributed by atoms with Crippen molar-refractivity contribution in [2.24, 2.45) is 5.73 Å². The number of ether oxygens (including phenoxy) is 1. The Morgan fingerprint density at radius 1 is 1.42 bits per heavy atom. The topological polar surface area (TPSA) is 64.3 Å². The second kappa shape index (κ2) is 6.57. The van der Waals surface area contributed by atoms with Gasteiger partial charge in [0.05, 0.1) is 0 Å². The lowest BCUT2D eigenvalue weighted by atomic mass is 10.0. The van der Waals surface area contributed by atoms with E-state index in [-0.39, 0.29) is 6.04 Å². The van der Waals surface area contributed by atoms with Crippen molar-refractivity contribution < 1.29 is 9.53 Å². The van der Waals surface area contributed by atoms with Gasteiger partial charge in [0.25, 0.3) is 0 Å². The van der Waals surface area contributed by atoms with Gasteiger partial charge in [-0.25, -0.2) is 4.79 Å². The summed E-state index contributed by atoms with van der Waals surface area (Å²) >= 11 is 0. The molecule has 3 N–H and O–H groups in total. The number of hydrogen-bond acceptors (Lipinski definition) is 3. The van der Waals surface area contributed by atoms with Crippen molar-refractivity contribution in [3.05, 3.63) is 35.4 Å². The molecule has 19 heavy (non-hydrogen) atoms. The Morgan fingerprint density at radius 2 is 2.11 bits per heavy atom.